The van der Waals surface area contributed by atoms with Crippen LogP contribution in [0.15, 0.2) is 36.7 Å². The van der Waals surface area contributed by atoms with Gasteiger partial charge in [0.25, 0.3) is 0 Å². The van der Waals surface area contributed by atoms with Crippen LogP contribution in [0.4, 0.5) is 4.39 Å². The van der Waals surface area contributed by atoms with Crippen LogP contribution in [0, 0.1) is 16.3 Å². The fraction of sp³-hybridized carbons (Fsp3) is 0.312. The number of benzene rings is 1. The molecule has 2 rings (SSSR count). The van der Waals surface area contributed by atoms with Crippen LogP contribution in [0.3, 0.4) is 0 Å². The third-order valence-electron chi connectivity index (χ3n) is 3.26. The molecule has 1 aromatic carbocycles. The zero-order valence-electron chi connectivity index (χ0n) is 11.7. The van der Waals surface area contributed by atoms with Crippen molar-refractivity contribution in [3.63, 3.8) is 0 Å². The second-order valence-corrected chi connectivity index (χ2v) is 5.95. The first-order valence-corrected chi connectivity index (χ1v) is 7.80. The van der Waals surface area contributed by atoms with Crippen molar-refractivity contribution in [1.82, 2.24) is 10.3 Å². The molecule has 0 amide bonds. The SMILES string of the molecule is CCCNC(c1cnccc1C)c1ccc(F)cc1I. The minimum absolute atomic E-state index is 0.0520. The molecule has 1 atom stereocenters. The van der Waals surface area contributed by atoms with Crippen LogP contribution in [0.5, 0.6) is 0 Å². The first-order valence-electron chi connectivity index (χ1n) is 6.72. The summed E-state index contributed by atoms with van der Waals surface area (Å²) in [5.41, 5.74) is 3.43. The Labute approximate surface area is 133 Å². The Morgan fingerprint density at radius 3 is 2.75 bits per heavy atom. The molecule has 0 saturated heterocycles. The van der Waals surface area contributed by atoms with Gasteiger partial charge in [0.15, 0.2) is 0 Å². The Morgan fingerprint density at radius 1 is 1.30 bits per heavy atom. The molecule has 2 aromatic rings. The molecule has 2 nitrogen and oxygen atoms in total. The molecule has 0 saturated carbocycles. The number of aryl methyl sites for hydroxylation is 1. The largest absolute Gasteiger partial charge is 0.306 e. The summed E-state index contributed by atoms with van der Waals surface area (Å²) in [4.78, 5) is 4.23. The van der Waals surface area contributed by atoms with Gasteiger partial charge < -0.3 is 5.32 Å². The number of halogens is 2. The molecule has 1 unspecified atom stereocenters. The van der Waals surface area contributed by atoms with Gasteiger partial charge in [0, 0.05) is 16.0 Å². The summed E-state index contributed by atoms with van der Waals surface area (Å²) in [6.07, 6.45) is 4.74. The van der Waals surface area contributed by atoms with E-state index in [1.807, 2.05) is 18.3 Å². The van der Waals surface area contributed by atoms with Crippen molar-refractivity contribution in [2.75, 3.05) is 6.54 Å². The molecule has 0 bridgehead atoms. The van der Waals surface area contributed by atoms with Crippen molar-refractivity contribution >= 4 is 22.6 Å². The molecule has 0 aliphatic heterocycles. The summed E-state index contributed by atoms with van der Waals surface area (Å²) in [5, 5.41) is 3.54. The third-order valence-corrected chi connectivity index (χ3v) is 4.20. The van der Waals surface area contributed by atoms with E-state index < -0.39 is 0 Å². The van der Waals surface area contributed by atoms with Gasteiger partial charge in [0.2, 0.25) is 0 Å². The topological polar surface area (TPSA) is 24.9 Å². The lowest BCUT2D eigenvalue weighted by atomic mass is 9.96. The number of nitrogens with one attached hydrogen (secondary N) is 1. The molecular formula is C16H18FIN2. The zero-order valence-corrected chi connectivity index (χ0v) is 13.8. The van der Waals surface area contributed by atoms with Crippen LogP contribution >= 0.6 is 22.6 Å². The molecule has 106 valence electrons. The molecule has 0 aliphatic carbocycles. The highest BCUT2D eigenvalue weighted by molar-refractivity contribution is 14.1. The lowest BCUT2D eigenvalue weighted by Crippen LogP contribution is -2.25. The number of rotatable bonds is 5. The fourth-order valence-corrected chi connectivity index (χ4v) is 2.98. The van der Waals surface area contributed by atoms with Crippen molar-refractivity contribution < 1.29 is 4.39 Å². The summed E-state index contributed by atoms with van der Waals surface area (Å²) in [6, 6.07) is 7.01. The van der Waals surface area contributed by atoms with Crippen LogP contribution in [-0.2, 0) is 0 Å². The number of nitrogens with zero attached hydrogens (tertiary/aromatic N) is 1. The van der Waals surface area contributed by atoms with Crippen molar-refractivity contribution in [3.8, 4) is 0 Å². The van der Waals surface area contributed by atoms with Crippen LogP contribution in [0.25, 0.3) is 0 Å². The third kappa shape index (κ3) is 3.55. The molecule has 1 heterocycles. The van der Waals surface area contributed by atoms with Crippen molar-refractivity contribution in [3.05, 3.63) is 62.7 Å². The number of aromatic nitrogens is 1. The van der Waals surface area contributed by atoms with E-state index in [-0.39, 0.29) is 11.9 Å². The van der Waals surface area contributed by atoms with Gasteiger partial charge in [-0.25, -0.2) is 4.39 Å². The predicted molar refractivity (Wildman–Crippen MR) is 88.2 cm³/mol. The molecule has 4 heteroatoms. The standard InChI is InChI=1S/C16H18FIN2/c1-3-7-20-16(14-10-19-8-6-11(14)2)13-5-4-12(17)9-15(13)18/h4-6,8-10,16,20H,3,7H2,1-2H3. The lowest BCUT2D eigenvalue weighted by molar-refractivity contribution is 0.587. The molecule has 1 aromatic heterocycles. The number of pyridine rings is 1. The lowest BCUT2D eigenvalue weighted by Gasteiger charge is -2.22. The highest BCUT2D eigenvalue weighted by Crippen LogP contribution is 2.28. The fourth-order valence-electron chi connectivity index (χ4n) is 2.19. The van der Waals surface area contributed by atoms with E-state index in [4.69, 9.17) is 0 Å². The Balaban J connectivity index is 2.44. The van der Waals surface area contributed by atoms with E-state index in [9.17, 15) is 4.39 Å². The number of hydrogen-bond acceptors (Lipinski definition) is 2. The van der Waals surface area contributed by atoms with E-state index in [0.717, 1.165) is 27.7 Å². The van der Waals surface area contributed by atoms with Gasteiger partial charge in [0.05, 0.1) is 6.04 Å². The zero-order chi connectivity index (χ0) is 14.5. The maximum atomic E-state index is 13.3. The van der Waals surface area contributed by atoms with Crippen LogP contribution in [-0.4, -0.2) is 11.5 Å². The Bertz CT molecular complexity index is 586. The van der Waals surface area contributed by atoms with Crippen molar-refractivity contribution in [2.45, 2.75) is 26.3 Å². The molecule has 0 spiro atoms. The van der Waals surface area contributed by atoms with E-state index in [2.05, 4.69) is 46.7 Å². The van der Waals surface area contributed by atoms with Gasteiger partial charge in [-0.3, -0.25) is 4.98 Å². The van der Waals surface area contributed by atoms with E-state index >= 15 is 0 Å². The summed E-state index contributed by atoms with van der Waals surface area (Å²) >= 11 is 2.19. The van der Waals surface area contributed by atoms with E-state index in [1.54, 1.807) is 12.3 Å². The Hall–Kier alpha value is -1.01. The van der Waals surface area contributed by atoms with Crippen LogP contribution in [0.1, 0.15) is 36.1 Å². The summed E-state index contributed by atoms with van der Waals surface area (Å²) < 4.78 is 14.2. The first kappa shape index (κ1) is 15.4. The van der Waals surface area contributed by atoms with E-state index in [0.29, 0.717) is 0 Å². The van der Waals surface area contributed by atoms with Gasteiger partial charge in [-0.2, -0.15) is 0 Å². The number of hydrogen-bond donors (Lipinski definition) is 1. The average Bonchev–Trinajstić information content (AvgIpc) is 2.42. The van der Waals surface area contributed by atoms with Gasteiger partial charge in [-0.15, -0.1) is 0 Å². The molecule has 20 heavy (non-hydrogen) atoms. The predicted octanol–water partition coefficient (Wildman–Crippen LogP) is 4.22. The summed E-state index contributed by atoms with van der Waals surface area (Å²) in [7, 11) is 0. The molecule has 0 radical (unpaired) electrons. The average molecular weight is 384 g/mol. The molecular weight excluding hydrogens is 366 g/mol. The maximum absolute atomic E-state index is 13.3. The summed E-state index contributed by atoms with van der Waals surface area (Å²) in [6.45, 7) is 5.12. The van der Waals surface area contributed by atoms with Gasteiger partial charge in [-0.05, 0) is 77.4 Å². The smallest absolute Gasteiger partial charge is 0.124 e. The van der Waals surface area contributed by atoms with Crippen LogP contribution in [0.2, 0.25) is 0 Å². The van der Waals surface area contributed by atoms with Crippen molar-refractivity contribution in [2.24, 2.45) is 0 Å². The second kappa shape index (κ2) is 7.13. The molecule has 0 aliphatic rings. The highest BCUT2D eigenvalue weighted by Gasteiger charge is 2.18. The minimum Gasteiger partial charge on any atom is -0.306 e. The molecule has 1 N–H and O–H groups in total. The van der Waals surface area contributed by atoms with Crippen molar-refractivity contribution in [1.29, 1.82) is 0 Å². The van der Waals surface area contributed by atoms with Gasteiger partial charge >= 0.3 is 0 Å². The summed E-state index contributed by atoms with van der Waals surface area (Å²) in [5.74, 6) is -0.199. The monoisotopic (exact) mass is 384 g/mol. The van der Waals surface area contributed by atoms with E-state index in [1.165, 1.54) is 11.6 Å². The molecule has 0 fully saturated rings. The second-order valence-electron chi connectivity index (χ2n) is 4.79. The Kier molecular flexibility index (Phi) is 5.48. The Morgan fingerprint density at radius 2 is 2.10 bits per heavy atom. The minimum atomic E-state index is -0.199. The highest BCUT2D eigenvalue weighted by atomic mass is 127. The quantitative estimate of drug-likeness (QED) is 0.781. The normalized spacial score (nSPS) is 12.4. The van der Waals surface area contributed by atoms with Gasteiger partial charge in [-0.1, -0.05) is 13.0 Å². The maximum Gasteiger partial charge on any atom is 0.124 e. The van der Waals surface area contributed by atoms with Crippen LogP contribution < -0.4 is 5.32 Å². The first-order chi connectivity index (χ1) is 9.63. The van der Waals surface area contributed by atoms with Gasteiger partial charge in [0.1, 0.15) is 5.82 Å².